The fraction of sp³-hybridized carbons (Fsp3) is 0.182. The van der Waals surface area contributed by atoms with Crippen molar-refractivity contribution in [3.63, 3.8) is 0 Å². The van der Waals surface area contributed by atoms with Crippen LogP contribution in [0.5, 0.6) is 0 Å². The van der Waals surface area contributed by atoms with Crippen molar-refractivity contribution in [2.45, 2.75) is 6.92 Å². The lowest BCUT2D eigenvalue weighted by atomic mass is 10.1. The van der Waals surface area contributed by atoms with E-state index in [2.05, 4.69) is 11.9 Å². The SMILES string of the molecule is C=CCNC(=O)c1ccc(C)cc1F. The van der Waals surface area contributed by atoms with Crippen molar-refractivity contribution in [3.05, 3.63) is 47.8 Å². The Balaban J connectivity index is 2.84. The van der Waals surface area contributed by atoms with Crippen molar-refractivity contribution in [3.8, 4) is 0 Å². The fourth-order valence-corrected chi connectivity index (χ4v) is 1.06. The number of halogens is 1. The molecular formula is C11H12FNO. The lowest BCUT2D eigenvalue weighted by Crippen LogP contribution is -2.24. The zero-order chi connectivity index (χ0) is 10.6. The summed E-state index contributed by atoms with van der Waals surface area (Å²) in [4.78, 5) is 11.3. The molecule has 0 bridgehead atoms. The highest BCUT2D eigenvalue weighted by molar-refractivity contribution is 5.94. The average molecular weight is 193 g/mol. The number of carbonyl (C=O) groups is 1. The molecule has 0 heterocycles. The van der Waals surface area contributed by atoms with Crippen LogP contribution in [0.15, 0.2) is 30.9 Å². The molecule has 0 atom stereocenters. The number of hydrogen-bond acceptors (Lipinski definition) is 1. The number of carbonyl (C=O) groups excluding carboxylic acids is 1. The molecule has 1 aromatic rings. The highest BCUT2D eigenvalue weighted by atomic mass is 19.1. The summed E-state index contributed by atoms with van der Waals surface area (Å²) in [5.41, 5.74) is 0.861. The minimum Gasteiger partial charge on any atom is -0.348 e. The van der Waals surface area contributed by atoms with Gasteiger partial charge in [0.05, 0.1) is 5.56 Å². The van der Waals surface area contributed by atoms with Crippen molar-refractivity contribution in [2.75, 3.05) is 6.54 Å². The van der Waals surface area contributed by atoms with Crippen LogP contribution < -0.4 is 5.32 Å². The van der Waals surface area contributed by atoms with Gasteiger partial charge in [-0.3, -0.25) is 4.79 Å². The van der Waals surface area contributed by atoms with E-state index < -0.39 is 11.7 Å². The van der Waals surface area contributed by atoms with Crippen molar-refractivity contribution in [1.29, 1.82) is 0 Å². The van der Waals surface area contributed by atoms with Gasteiger partial charge in [0.25, 0.3) is 5.91 Å². The summed E-state index contributed by atoms with van der Waals surface area (Å²) in [6.45, 7) is 5.57. The van der Waals surface area contributed by atoms with E-state index in [1.807, 2.05) is 0 Å². The Morgan fingerprint density at radius 3 is 2.93 bits per heavy atom. The average Bonchev–Trinajstić information content (AvgIpc) is 2.14. The molecule has 0 aliphatic carbocycles. The van der Waals surface area contributed by atoms with E-state index in [4.69, 9.17) is 0 Å². The van der Waals surface area contributed by atoms with Crippen LogP contribution in [0.25, 0.3) is 0 Å². The molecule has 1 rings (SSSR count). The third-order valence-corrected chi connectivity index (χ3v) is 1.78. The third-order valence-electron chi connectivity index (χ3n) is 1.78. The first-order valence-corrected chi connectivity index (χ1v) is 4.30. The maximum Gasteiger partial charge on any atom is 0.254 e. The van der Waals surface area contributed by atoms with Gasteiger partial charge in [-0.25, -0.2) is 4.39 Å². The molecule has 0 saturated carbocycles. The molecule has 1 N–H and O–H groups in total. The topological polar surface area (TPSA) is 29.1 Å². The molecule has 0 aliphatic rings. The van der Waals surface area contributed by atoms with E-state index >= 15 is 0 Å². The molecule has 2 nitrogen and oxygen atoms in total. The van der Waals surface area contributed by atoms with Gasteiger partial charge in [-0.15, -0.1) is 6.58 Å². The smallest absolute Gasteiger partial charge is 0.254 e. The van der Waals surface area contributed by atoms with Crippen molar-refractivity contribution < 1.29 is 9.18 Å². The molecule has 0 aromatic heterocycles. The number of amides is 1. The van der Waals surface area contributed by atoms with Gasteiger partial charge in [0, 0.05) is 6.54 Å². The number of benzene rings is 1. The fourth-order valence-electron chi connectivity index (χ4n) is 1.06. The Morgan fingerprint density at radius 1 is 1.64 bits per heavy atom. The summed E-state index contributed by atoms with van der Waals surface area (Å²) in [6.07, 6.45) is 1.55. The summed E-state index contributed by atoms with van der Waals surface area (Å²) in [5, 5.41) is 2.51. The van der Waals surface area contributed by atoms with E-state index in [0.29, 0.717) is 6.54 Å². The predicted molar refractivity (Wildman–Crippen MR) is 53.7 cm³/mol. The number of hydrogen-bond donors (Lipinski definition) is 1. The van der Waals surface area contributed by atoms with E-state index in [1.165, 1.54) is 12.1 Å². The van der Waals surface area contributed by atoms with Gasteiger partial charge in [-0.1, -0.05) is 12.1 Å². The lowest BCUT2D eigenvalue weighted by Gasteiger charge is -2.03. The highest BCUT2D eigenvalue weighted by Gasteiger charge is 2.09. The van der Waals surface area contributed by atoms with Crippen LogP contribution in [-0.4, -0.2) is 12.5 Å². The molecule has 0 fully saturated rings. The largest absolute Gasteiger partial charge is 0.348 e. The first kappa shape index (κ1) is 10.4. The quantitative estimate of drug-likeness (QED) is 0.731. The molecule has 0 radical (unpaired) electrons. The first-order chi connectivity index (χ1) is 6.65. The molecule has 1 aromatic carbocycles. The first-order valence-electron chi connectivity index (χ1n) is 4.30. The van der Waals surface area contributed by atoms with Gasteiger partial charge in [0.2, 0.25) is 0 Å². The summed E-state index contributed by atoms with van der Waals surface area (Å²) in [7, 11) is 0. The van der Waals surface area contributed by atoms with E-state index in [-0.39, 0.29) is 5.56 Å². The molecule has 0 aliphatic heterocycles. The second-order valence-electron chi connectivity index (χ2n) is 2.98. The summed E-state index contributed by atoms with van der Waals surface area (Å²) in [6, 6.07) is 4.51. The molecule has 3 heteroatoms. The van der Waals surface area contributed by atoms with Crippen LogP contribution in [0.2, 0.25) is 0 Å². The minimum atomic E-state index is -0.494. The van der Waals surface area contributed by atoms with Gasteiger partial charge in [-0.05, 0) is 24.6 Å². The Morgan fingerprint density at radius 2 is 2.36 bits per heavy atom. The van der Waals surface area contributed by atoms with Gasteiger partial charge in [0.15, 0.2) is 0 Å². The maximum absolute atomic E-state index is 13.2. The standard InChI is InChI=1S/C11H12FNO/c1-3-6-13-11(14)9-5-4-8(2)7-10(9)12/h3-5,7H,1,6H2,2H3,(H,13,14). The van der Waals surface area contributed by atoms with Crippen LogP contribution in [-0.2, 0) is 0 Å². The zero-order valence-corrected chi connectivity index (χ0v) is 8.01. The van der Waals surface area contributed by atoms with Crippen molar-refractivity contribution in [2.24, 2.45) is 0 Å². The van der Waals surface area contributed by atoms with Gasteiger partial charge >= 0.3 is 0 Å². The van der Waals surface area contributed by atoms with Crippen LogP contribution in [0.3, 0.4) is 0 Å². The molecular weight excluding hydrogens is 181 g/mol. The Kier molecular flexibility index (Phi) is 3.40. The summed E-state index contributed by atoms with van der Waals surface area (Å²) >= 11 is 0. The molecule has 14 heavy (non-hydrogen) atoms. The van der Waals surface area contributed by atoms with E-state index in [9.17, 15) is 9.18 Å². The molecule has 74 valence electrons. The Hall–Kier alpha value is -1.64. The summed E-state index contributed by atoms with van der Waals surface area (Å²) in [5.74, 6) is -0.908. The van der Waals surface area contributed by atoms with Crippen LogP contribution in [0.4, 0.5) is 4.39 Å². The van der Waals surface area contributed by atoms with Gasteiger partial charge < -0.3 is 5.32 Å². The molecule has 0 saturated heterocycles. The predicted octanol–water partition coefficient (Wildman–Crippen LogP) is 2.05. The Labute approximate surface area is 82.4 Å². The van der Waals surface area contributed by atoms with Crippen LogP contribution in [0, 0.1) is 12.7 Å². The third kappa shape index (κ3) is 2.42. The lowest BCUT2D eigenvalue weighted by molar-refractivity contribution is 0.0954. The second-order valence-corrected chi connectivity index (χ2v) is 2.98. The maximum atomic E-state index is 13.2. The van der Waals surface area contributed by atoms with Gasteiger partial charge in [-0.2, -0.15) is 0 Å². The number of nitrogens with one attached hydrogen (secondary N) is 1. The van der Waals surface area contributed by atoms with Crippen LogP contribution in [0.1, 0.15) is 15.9 Å². The molecule has 1 amide bonds. The monoisotopic (exact) mass is 193 g/mol. The zero-order valence-electron chi connectivity index (χ0n) is 8.01. The molecule has 0 unspecified atom stereocenters. The van der Waals surface area contributed by atoms with Crippen molar-refractivity contribution in [1.82, 2.24) is 5.32 Å². The highest BCUT2D eigenvalue weighted by Crippen LogP contribution is 2.09. The Bertz CT molecular complexity index is 360. The van der Waals surface area contributed by atoms with Crippen molar-refractivity contribution >= 4 is 5.91 Å². The van der Waals surface area contributed by atoms with Gasteiger partial charge in [0.1, 0.15) is 5.82 Å². The minimum absolute atomic E-state index is 0.0671. The number of aryl methyl sites for hydroxylation is 1. The van der Waals surface area contributed by atoms with E-state index in [1.54, 1.807) is 19.1 Å². The van der Waals surface area contributed by atoms with E-state index in [0.717, 1.165) is 5.56 Å². The van der Waals surface area contributed by atoms with Crippen LogP contribution >= 0.6 is 0 Å². The second kappa shape index (κ2) is 4.56. The number of rotatable bonds is 3. The summed E-state index contributed by atoms with van der Waals surface area (Å²) < 4.78 is 13.2. The molecule has 0 spiro atoms. The normalized spacial score (nSPS) is 9.57.